The maximum absolute atomic E-state index is 15.3. The molecule has 1 aromatic carbocycles. The predicted molar refractivity (Wildman–Crippen MR) is 127 cm³/mol. The molecule has 10 heteroatoms. The number of hydrogen-bond acceptors (Lipinski definition) is 7. The zero-order valence-electron chi connectivity index (χ0n) is 18.6. The van der Waals surface area contributed by atoms with E-state index in [0.29, 0.717) is 53.2 Å². The number of anilines is 3. The van der Waals surface area contributed by atoms with Crippen molar-refractivity contribution in [3.63, 3.8) is 0 Å². The highest BCUT2D eigenvalue weighted by Gasteiger charge is 2.26. The van der Waals surface area contributed by atoms with Crippen LogP contribution in [0, 0.1) is 30.0 Å². The SMILES string of the molecule is Cc1c(-c2cc3cc(NC(=O)NC4CCC(C#N)C4)ncc3c(N)c2F)cnc2c1NCCO2. The summed E-state index contributed by atoms with van der Waals surface area (Å²) in [5.74, 6) is 0.227. The molecule has 2 aliphatic rings. The second-order valence-corrected chi connectivity index (χ2v) is 8.63. The van der Waals surface area contributed by atoms with Gasteiger partial charge in [-0.3, -0.25) is 5.32 Å². The van der Waals surface area contributed by atoms with Crippen LogP contribution in [0.1, 0.15) is 24.8 Å². The number of halogens is 1. The summed E-state index contributed by atoms with van der Waals surface area (Å²) < 4.78 is 20.9. The van der Waals surface area contributed by atoms with Crippen LogP contribution in [0.15, 0.2) is 24.5 Å². The molecule has 9 nitrogen and oxygen atoms in total. The number of fused-ring (bicyclic) bond motifs is 2. The van der Waals surface area contributed by atoms with E-state index in [2.05, 4.69) is 32.0 Å². The minimum Gasteiger partial charge on any atom is -0.474 e. The van der Waals surface area contributed by atoms with Crippen LogP contribution in [0.4, 0.5) is 26.4 Å². The number of benzene rings is 1. The summed E-state index contributed by atoms with van der Waals surface area (Å²) in [6, 6.07) is 5.14. The van der Waals surface area contributed by atoms with Crippen molar-refractivity contribution in [1.29, 1.82) is 5.26 Å². The van der Waals surface area contributed by atoms with E-state index in [0.717, 1.165) is 24.1 Å². The Morgan fingerprint density at radius 2 is 2.15 bits per heavy atom. The van der Waals surface area contributed by atoms with Gasteiger partial charge in [-0.15, -0.1) is 0 Å². The minimum absolute atomic E-state index is 0.0224. The molecule has 0 bridgehead atoms. The fourth-order valence-electron chi connectivity index (χ4n) is 4.62. The average molecular weight is 462 g/mol. The maximum atomic E-state index is 15.3. The maximum Gasteiger partial charge on any atom is 0.320 e. The van der Waals surface area contributed by atoms with Crippen LogP contribution in [-0.2, 0) is 0 Å². The smallest absolute Gasteiger partial charge is 0.320 e. The van der Waals surface area contributed by atoms with E-state index in [1.165, 1.54) is 6.20 Å². The highest BCUT2D eigenvalue weighted by atomic mass is 19.1. The summed E-state index contributed by atoms with van der Waals surface area (Å²) in [5.41, 5.74) is 8.55. The van der Waals surface area contributed by atoms with Crippen LogP contribution < -0.4 is 26.4 Å². The Morgan fingerprint density at radius 3 is 2.94 bits per heavy atom. The molecule has 0 spiro atoms. The molecule has 1 saturated carbocycles. The number of pyridine rings is 2. The van der Waals surface area contributed by atoms with Crippen molar-refractivity contribution in [1.82, 2.24) is 15.3 Å². The van der Waals surface area contributed by atoms with Gasteiger partial charge in [-0.05, 0) is 49.3 Å². The second kappa shape index (κ2) is 8.67. The van der Waals surface area contributed by atoms with E-state index in [9.17, 15) is 4.79 Å². The van der Waals surface area contributed by atoms with Crippen LogP contribution in [0.25, 0.3) is 21.9 Å². The standard InChI is InChI=1S/C24H24FN7O2/c1-12-17(10-30-23-22(12)28-4-5-34-23)16-7-14-8-19(29-11-18(14)21(27)20(16)25)32-24(33)31-15-3-2-13(6-15)9-26/h7-8,10-11,13,15,28H,2-6,27H2,1H3,(H2,29,31,32,33). The molecule has 174 valence electrons. The molecule has 1 fully saturated rings. The summed E-state index contributed by atoms with van der Waals surface area (Å²) in [5, 5.41) is 19.0. The fraction of sp³-hybridized carbons (Fsp3) is 0.333. The zero-order valence-corrected chi connectivity index (χ0v) is 18.6. The van der Waals surface area contributed by atoms with Crippen molar-refractivity contribution >= 4 is 34.0 Å². The topological polar surface area (TPSA) is 138 Å². The Bertz CT molecular complexity index is 1340. The first-order valence-electron chi connectivity index (χ1n) is 11.2. The van der Waals surface area contributed by atoms with Gasteiger partial charge in [0.25, 0.3) is 0 Å². The van der Waals surface area contributed by atoms with E-state index < -0.39 is 11.8 Å². The molecule has 0 saturated heterocycles. The van der Waals surface area contributed by atoms with Gasteiger partial charge in [-0.25, -0.2) is 19.2 Å². The van der Waals surface area contributed by atoms with E-state index in [1.807, 2.05) is 6.92 Å². The molecule has 0 radical (unpaired) electrons. The first-order chi connectivity index (χ1) is 16.4. The van der Waals surface area contributed by atoms with Gasteiger partial charge in [-0.1, -0.05) is 0 Å². The molecule has 3 heterocycles. The number of nitrogen functional groups attached to an aromatic ring is 1. The molecular weight excluding hydrogens is 437 g/mol. The minimum atomic E-state index is -0.553. The molecule has 2 amide bonds. The summed E-state index contributed by atoms with van der Waals surface area (Å²) in [4.78, 5) is 21.0. The number of hydrogen-bond donors (Lipinski definition) is 4. The van der Waals surface area contributed by atoms with Gasteiger partial charge in [0.05, 0.1) is 11.8 Å². The van der Waals surface area contributed by atoms with Gasteiger partial charge in [-0.2, -0.15) is 5.26 Å². The lowest BCUT2D eigenvalue weighted by molar-refractivity contribution is 0.248. The van der Waals surface area contributed by atoms with Crippen molar-refractivity contribution in [2.75, 3.05) is 29.5 Å². The number of urea groups is 1. The van der Waals surface area contributed by atoms with Gasteiger partial charge in [0, 0.05) is 47.4 Å². The fourth-order valence-corrected chi connectivity index (χ4v) is 4.62. The summed E-state index contributed by atoms with van der Waals surface area (Å²) in [6.07, 6.45) is 5.21. The first kappa shape index (κ1) is 21.7. The molecule has 1 aliphatic carbocycles. The molecule has 34 heavy (non-hydrogen) atoms. The molecule has 5 rings (SSSR count). The largest absolute Gasteiger partial charge is 0.474 e. The normalized spacial score (nSPS) is 19.0. The number of carbonyl (C=O) groups is 1. The molecule has 1 aliphatic heterocycles. The van der Waals surface area contributed by atoms with Crippen molar-refractivity contribution in [3.8, 4) is 23.1 Å². The van der Waals surface area contributed by atoms with Crippen LogP contribution in [-0.4, -0.2) is 35.2 Å². The van der Waals surface area contributed by atoms with E-state index in [1.54, 1.807) is 18.3 Å². The number of aromatic nitrogens is 2. The number of nitriles is 1. The third-order valence-electron chi connectivity index (χ3n) is 6.43. The van der Waals surface area contributed by atoms with Gasteiger partial charge >= 0.3 is 6.03 Å². The third-order valence-corrected chi connectivity index (χ3v) is 6.43. The third kappa shape index (κ3) is 3.90. The van der Waals surface area contributed by atoms with E-state index in [-0.39, 0.29) is 17.6 Å². The lowest BCUT2D eigenvalue weighted by Gasteiger charge is -2.22. The van der Waals surface area contributed by atoms with Crippen LogP contribution in [0.3, 0.4) is 0 Å². The van der Waals surface area contributed by atoms with Crippen molar-refractivity contribution in [3.05, 3.63) is 35.9 Å². The highest BCUT2D eigenvalue weighted by molar-refractivity contribution is 6.00. The molecule has 2 aromatic heterocycles. The summed E-state index contributed by atoms with van der Waals surface area (Å²) >= 11 is 0. The highest BCUT2D eigenvalue weighted by Crippen LogP contribution is 2.39. The van der Waals surface area contributed by atoms with Gasteiger partial charge < -0.3 is 21.1 Å². The molecule has 2 unspecified atom stereocenters. The number of nitrogens with one attached hydrogen (secondary N) is 3. The lowest BCUT2D eigenvalue weighted by atomic mass is 9.97. The quantitative estimate of drug-likeness (QED) is 0.433. The van der Waals surface area contributed by atoms with Crippen LogP contribution >= 0.6 is 0 Å². The Kier molecular flexibility index (Phi) is 5.53. The molecule has 5 N–H and O–H groups in total. The Balaban J connectivity index is 1.45. The van der Waals surface area contributed by atoms with Crippen molar-refractivity contribution in [2.45, 2.75) is 32.2 Å². The van der Waals surface area contributed by atoms with Gasteiger partial charge in [0.1, 0.15) is 18.1 Å². The Morgan fingerprint density at radius 1 is 1.29 bits per heavy atom. The number of amides is 2. The van der Waals surface area contributed by atoms with Crippen LogP contribution in [0.2, 0.25) is 0 Å². The summed E-state index contributed by atoms with van der Waals surface area (Å²) in [6.45, 7) is 3.04. The zero-order chi connectivity index (χ0) is 23.8. The number of nitrogens with zero attached hydrogens (tertiary/aromatic N) is 3. The molecule has 3 aromatic rings. The number of ether oxygens (including phenoxy) is 1. The van der Waals surface area contributed by atoms with Crippen LogP contribution in [0.5, 0.6) is 5.88 Å². The van der Waals surface area contributed by atoms with E-state index >= 15 is 4.39 Å². The van der Waals surface area contributed by atoms with Crippen molar-refractivity contribution in [2.24, 2.45) is 5.92 Å². The number of carbonyl (C=O) groups excluding carboxylic acids is 1. The molecule has 2 atom stereocenters. The van der Waals surface area contributed by atoms with Crippen molar-refractivity contribution < 1.29 is 13.9 Å². The van der Waals surface area contributed by atoms with Gasteiger partial charge in [0.15, 0.2) is 5.82 Å². The predicted octanol–water partition coefficient (Wildman–Crippen LogP) is 3.94. The number of rotatable bonds is 3. The van der Waals surface area contributed by atoms with E-state index in [4.69, 9.17) is 15.7 Å². The van der Waals surface area contributed by atoms with Gasteiger partial charge in [0.2, 0.25) is 5.88 Å². The first-order valence-corrected chi connectivity index (χ1v) is 11.2. The lowest BCUT2D eigenvalue weighted by Crippen LogP contribution is -2.36. The average Bonchev–Trinajstić information content (AvgIpc) is 3.29. The molecular formula is C24H24FN7O2. The second-order valence-electron chi connectivity index (χ2n) is 8.63. The Labute approximate surface area is 195 Å². The monoisotopic (exact) mass is 461 g/mol. The Hall–Kier alpha value is -4.13. The number of nitrogens with two attached hydrogens (primary N) is 1. The summed E-state index contributed by atoms with van der Waals surface area (Å²) in [7, 11) is 0.